The Morgan fingerprint density at radius 2 is 1.93 bits per heavy atom. The SMILES string of the molecule is CC(=O)Nc1nc(SCc2ccccc2)[nH]c(=O)c1NC(=O)c1cccs1. The minimum atomic E-state index is -0.533. The van der Waals surface area contributed by atoms with Gasteiger partial charge in [-0.3, -0.25) is 19.4 Å². The van der Waals surface area contributed by atoms with E-state index < -0.39 is 17.4 Å². The average molecular weight is 400 g/mol. The minimum Gasteiger partial charge on any atom is -0.314 e. The van der Waals surface area contributed by atoms with Gasteiger partial charge in [-0.25, -0.2) is 4.98 Å². The third-order valence-corrected chi connectivity index (χ3v) is 5.21. The molecule has 7 nitrogen and oxygen atoms in total. The number of benzene rings is 1. The van der Waals surface area contributed by atoms with Gasteiger partial charge in [0.2, 0.25) is 5.91 Å². The van der Waals surface area contributed by atoms with Gasteiger partial charge in [0.05, 0.1) is 4.88 Å². The molecule has 138 valence electrons. The Labute approximate surface area is 163 Å². The maximum absolute atomic E-state index is 12.5. The summed E-state index contributed by atoms with van der Waals surface area (Å²) in [6.07, 6.45) is 0. The summed E-state index contributed by atoms with van der Waals surface area (Å²) in [4.78, 5) is 43.6. The molecule has 3 N–H and O–H groups in total. The number of nitrogens with one attached hydrogen (secondary N) is 3. The lowest BCUT2D eigenvalue weighted by Crippen LogP contribution is -2.24. The maximum Gasteiger partial charge on any atom is 0.277 e. The van der Waals surface area contributed by atoms with Crippen LogP contribution in [0.15, 0.2) is 57.8 Å². The highest BCUT2D eigenvalue weighted by Crippen LogP contribution is 2.23. The molecule has 2 amide bonds. The van der Waals surface area contributed by atoms with E-state index in [1.165, 1.54) is 30.0 Å². The molecule has 0 bridgehead atoms. The lowest BCUT2D eigenvalue weighted by atomic mass is 10.2. The number of thiophene rings is 1. The second kappa shape index (κ2) is 8.65. The summed E-state index contributed by atoms with van der Waals surface area (Å²) < 4.78 is 0. The first-order valence-electron chi connectivity index (χ1n) is 7.96. The van der Waals surface area contributed by atoms with Gasteiger partial charge in [0.15, 0.2) is 16.7 Å². The zero-order valence-corrected chi connectivity index (χ0v) is 15.9. The molecule has 0 aliphatic carbocycles. The summed E-state index contributed by atoms with van der Waals surface area (Å²) in [6.45, 7) is 1.31. The van der Waals surface area contributed by atoms with E-state index in [9.17, 15) is 14.4 Å². The highest BCUT2D eigenvalue weighted by Gasteiger charge is 2.17. The molecule has 0 saturated carbocycles. The number of aromatic nitrogens is 2. The van der Waals surface area contributed by atoms with Crippen molar-refractivity contribution in [2.75, 3.05) is 10.6 Å². The van der Waals surface area contributed by atoms with E-state index in [-0.39, 0.29) is 11.5 Å². The van der Waals surface area contributed by atoms with Crippen LogP contribution in [0.1, 0.15) is 22.2 Å². The van der Waals surface area contributed by atoms with E-state index in [2.05, 4.69) is 20.6 Å². The summed E-state index contributed by atoms with van der Waals surface area (Å²) in [5.41, 5.74) is 0.447. The number of amides is 2. The van der Waals surface area contributed by atoms with Crippen LogP contribution in [0.5, 0.6) is 0 Å². The predicted octanol–water partition coefficient (Wildman–Crippen LogP) is 3.33. The van der Waals surface area contributed by atoms with Crippen LogP contribution in [-0.2, 0) is 10.5 Å². The van der Waals surface area contributed by atoms with E-state index >= 15 is 0 Å². The van der Waals surface area contributed by atoms with E-state index in [0.29, 0.717) is 15.8 Å². The number of hydrogen-bond donors (Lipinski definition) is 3. The molecule has 3 aromatic rings. The number of carbonyl (C=O) groups excluding carboxylic acids is 2. The van der Waals surface area contributed by atoms with Crippen molar-refractivity contribution < 1.29 is 9.59 Å². The lowest BCUT2D eigenvalue weighted by molar-refractivity contribution is -0.114. The van der Waals surface area contributed by atoms with Crippen molar-refractivity contribution in [3.8, 4) is 0 Å². The van der Waals surface area contributed by atoms with Gasteiger partial charge in [0, 0.05) is 12.7 Å². The molecule has 0 atom stereocenters. The molecule has 2 heterocycles. The lowest BCUT2D eigenvalue weighted by Gasteiger charge is -2.11. The standard InChI is InChI=1S/C18H16N4O3S2/c1-11(23)19-15-14(20-16(24)13-8-5-9-26-13)17(25)22-18(21-15)27-10-12-6-3-2-4-7-12/h2-9H,10H2,1H3,(H,20,24)(H2,19,21,22,23,25). The van der Waals surface area contributed by atoms with E-state index in [4.69, 9.17) is 0 Å². The zero-order valence-electron chi connectivity index (χ0n) is 14.3. The summed E-state index contributed by atoms with van der Waals surface area (Å²) in [6, 6.07) is 13.1. The highest BCUT2D eigenvalue weighted by atomic mass is 32.2. The fourth-order valence-corrected chi connectivity index (χ4v) is 3.64. The Hall–Kier alpha value is -2.91. The van der Waals surface area contributed by atoms with Crippen molar-refractivity contribution in [1.29, 1.82) is 0 Å². The number of aromatic amines is 1. The minimum absolute atomic E-state index is 0.0201. The Kier molecular flexibility index (Phi) is 6.05. The van der Waals surface area contributed by atoms with Crippen LogP contribution >= 0.6 is 23.1 Å². The van der Waals surface area contributed by atoms with E-state index in [1.807, 2.05) is 30.3 Å². The van der Waals surface area contributed by atoms with Gasteiger partial charge in [-0.2, -0.15) is 0 Å². The molecular formula is C18H16N4O3S2. The molecule has 2 aromatic heterocycles. The van der Waals surface area contributed by atoms with Crippen LogP contribution < -0.4 is 16.2 Å². The highest BCUT2D eigenvalue weighted by molar-refractivity contribution is 7.98. The summed E-state index contributed by atoms with van der Waals surface area (Å²) in [5.74, 6) is -0.205. The third kappa shape index (κ3) is 5.05. The number of rotatable bonds is 6. The van der Waals surface area contributed by atoms with Crippen molar-refractivity contribution in [3.05, 3.63) is 68.6 Å². The smallest absolute Gasteiger partial charge is 0.277 e. The number of carbonyl (C=O) groups is 2. The largest absolute Gasteiger partial charge is 0.314 e. The van der Waals surface area contributed by atoms with Crippen molar-refractivity contribution in [3.63, 3.8) is 0 Å². The third-order valence-electron chi connectivity index (χ3n) is 3.39. The first-order valence-corrected chi connectivity index (χ1v) is 9.83. The molecular weight excluding hydrogens is 384 g/mol. The molecule has 1 aromatic carbocycles. The van der Waals surface area contributed by atoms with Crippen LogP contribution in [0.2, 0.25) is 0 Å². The number of hydrogen-bond acceptors (Lipinski definition) is 6. The van der Waals surface area contributed by atoms with Gasteiger partial charge in [-0.1, -0.05) is 48.2 Å². The second-order valence-corrected chi connectivity index (χ2v) is 7.39. The first-order chi connectivity index (χ1) is 13.0. The molecule has 3 rings (SSSR count). The topological polar surface area (TPSA) is 104 Å². The summed E-state index contributed by atoms with van der Waals surface area (Å²) in [5, 5.41) is 7.15. The predicted molar refractivity (Wildman–Crippen MR) is 107 cm³/mol. The number of anilines is 2. The fraction of sp³-hybridized carbons (Fsp3) is 0.111. The number of nitrogens with zero attached hydrogens (tertiary/aromatic N) is 1. The Balaban J connectivity index is 1.85. The van der Waals surface area contributed by atoms with Crippen molar-refractivity contribution >= 4 is 46.4 Å². The van der Waals surface area contributed by atoms with Crippen LogP contribution in [0.25, 0.3) is 0 Å². The van der Waals surface area contributed by atoms with Crippen molar-refractivity contribution in [2.45, 2.75) is 17.8 Å². The molecule has 0 aliphatic rings. The maximum atomic E-state index is 12.5. The van der Waals surface area contributed by atoms with Crippen LogP contribution in [-0.4, -0.2) is 21.8 Å². The van der Waals surface area contributed by atoms with Gasteiger partial charge in [0.25, 0.3) is 11.5 Å². The Morgan fingerprint density at radius 3 is 2.59 bits per heavy atom. The second-order valence-electron chi connectivity index (χ2n) is 5.48. The normalized spacial score (nSPS) is 10.4. The van der Waals surface area contributed by atoms with Crippen LogP contribution in [0.3, 0.4) is 0 Å². The van der Waals surface area contributed by atoms with Crippen molar-refractivity contribution in [2.24, 2.45) is 0 Å². The Morgan fingerprint density at radius 1 is 1.15 bits per heavy atom. The van der Waals surface area contributed by atoms with E-state index in [1.54, 1.807) is 17.5 Å². The summed E-state index contributed by atoms with van der Waals surface area (Å²) >= 11 is 2.57. The van der Waals surface area contributed by atoms with Gasteiger partial charge in [-0.15, -0.1) is 11.3 Å². The molecule has 0 saturated heterocycles. The fourth-order valence-electron chi connectivity index (χ4n) is 2.20. The molecule has 0 aliphatic heterocycles. The molecule has 0 fully saturated rings. The monoisotopic (exact) mass is 400 g/mol. The van der Waals surface area contributed by atoms with E-state index in [0.717, 1.165) is 5.56 Å². The number of thioether (sulfide) groups is 1. The van der Waals surface area contributed by atoms with Gasteiger partial charge >= 0.3 is 0 Å². The first kappa shape index (κ1) is 18.9. The van der Waals surface area contributed by atoms with Gasteiger partial charge in [-0.05, 0) is 17.0 Å². The molecule has 0 spiro atoms. The molecule has 0 unspecified atom stereocenters. The molecule has 27 heavy (non-hydrogen) atoms. The zero-order chi connectivity index (χ0) is 19.2. The van der Waals surface area contributed by atoms with Crippen molar-refractivity contribution in [1.82, 2.24) is 9.97 Å². The Bertz CT molecular complexity index is 1000. The summed E-state index contributed by atoms with van der Waals surface area (Å²) in [7, 11) is 0. The molecule has 0 radical (unpaired) electrons. The van der Waals surface area contributed by atoms with Crippen LogP contribution in [0.4, 0.5) is 11.5 Å². The number of H-pyrrole nitrogens is 1. The average Bonchev–Trinajstić information content (AvgIpc) is 3.18. The van der Waals surface area contributed by atoms with Gasteiger partial charge in [0.1, 0.15) is 0 Å². The molecule has 9 heteroatoms. The van der Waals surface area contributed by atoms with Gasteiger partial charge < -0.3 is 10.6 Å². The van der Waals surface area contributed by atoms with Crippen LogP contribution in [0, 0.1) is 0 Å². The quantitative estimate of drug-likeness (QED) is 0.435.